The number of carboxylic acid groups (broad SMARTS) is 1. The number of aliphatic carboxylic acids is 1. The fourth-order valence-electron chi connectivity index (χ4n) is 2.82. The van der Waals surface area contributed by atoms with Crippen molar-refractivity contribution in [1.82, 2.24) is 4.90 Å². The van der Waals surface area contributed by atoms with Crippen molar-refractivity contribution in [3.05, 3.63) is 33.7 Å². The Kier molecular flexibility index (Phi) is 6.94. The maximum atomic E-state index is 12.6. The van der Waals surface area contributed by atoms with E-state index in [9.17, 15) is 24.9 Å². The Balaban J connectivity index is 0.00000243. The van der Waals surface area contributed by atoms with Gasteiger partial charge in [0.05, 0.1) is 6.61 Å². The summed E-state index contributed by atoms with van der Waals surface area (Å²) in [7, 11) is 1.27. The third-order valence-corrected chi connectivity index (χ3v) is 6.22. The Morgan fingerprint density at radius 2 is 2.31 bits per heavy atom. The minimum absolute atomic E-state index is 0. The first-order valence-corrected chi connectivity index (χ1v) is 9.22. The van der Waals surface area contributed by atoms with Gasteiger partial charge in [0, 0.05) is 24.2 Å². The molecule has 0 saturated carbocycles. The Morgan fingerprint density at radius 3 is 2.85 bits per heavy atom. The van der Waals surface area contributed by atoms with E-state index in [4.69, 9.17) is 4.74 Å². The number of carboxylic acids is 1. The molecule has 2 aliphatic rings. The van der Waals surface area contributed by atoms with E-state index in [1.807, 2.05) is 11.4 Å². The molecule has 2 N–H and O–H groups in total. The summed E-state index contributed by atoms with van der Waals surface area (Å²) in [4.78, 5) is 29.9. The van der Waals surface area contributed by atoms with E-state index in [0.29, 0.717) is 0 Å². The first-order valence-electron chi connectivity index (χ1n) is 7.29. The van der Waals surface area contributed by atoms with E-state index in [1.165, 1.54) is 30.2 Å². The number of carbonyl (C=O) groups excluding carboxylic acids is 1. The molecule has 26 heavy (non-hydrogen) atoms. The van der Waals surface area contributed by atoms with E-state index in [0.717, 1.165) is 9.78 Å². The molecule has 0 aromatic carbocycles. The number of thioether (sulfide) groups is 1. The number of aliphatic hydroxyl groups is 1. The van der Waals surface area contributed by atoms with Crippen LogP contribution in [0.4, 0.5) is 0 Å². The monoisotopic (exact) mass is 406 g/mol. The molecule has 0 unspecified atom stereocenters. The SMILES string of the molecule is CO[C@]1(N=C([O-])Cc2cccs2)C(=O)N2C(C(=O)O)=C(CO)CS[C@@H]21.[Na+]. The summed E-state index contributed by atoms with van der Waals surface area (Å²) in [5, 5.41) is 32.0. The number of nitrogens with zero attached hydrogens (tertiary/aromatic N) is 2. The molecule has 134 valence electrons. The molecular formula is C15H15N2NaO6S2. The summed E-state index contributed by atoms with van der Waals surface area (Å²) in [6.45, 7) is -0.459. The Bertz CT molecular complexity index is 766. The second-order valence-electron chi connectivity index (χ2n) is 5.42. The Morgan fingerprint density at radius 1 is 1.58 bits per heavy atom. The molecule has 0 aliphatic carbocycles. The molecule has 0 radical (unpaired) electrons. The summed E-state index contributed by atoms with van der Waals surface area (Å²) in [5.74, 6) is -2.31. The second kappa shape index (κ2) is 8.42. The van der Waals surface area contributed by atoms with Crippen LogP contribution in [-0.2, 0) is 20.7 Å². The molecule has 1 fully saturated rings. The normalized spacial score (nSPS) is 25.5. The van der Waals surface area contributed by atoms with Crippen molar-refractivity contribution < 1.29 is 59.2 Å². The van der Waals surface area contributed by atoms with E-state index < -0.39 is 35.5 Å². The largest absolute Gasteiger partial charge is 1.00 e. The average Bonchev–Trinajstić information content (AvgIpc) is 3.10. The third-order valence-electron chi connectivity index (χ3n) is 3.99. The fourth-order valence-corrected chi connectivity index (χ4v) is 4.93. The molecule has 3 rings (SSSR count). The number of aliphatic hydroxyl groups excluding tert-OH is 1. The molecule has 1 saturated heterocycles. The Hall–Kier alpha value is -0.880. The third kappa shape index (κ3) is 3.47. The van der Waals surface area contributed by atoms with Crippen molar-refractivity contribution in [3.8, 4) is 0 Å². The van der Waals surface area contributed by atoms with Crippen LogP contribution in [0.1, 0.15) is 4.88 Å². The predicted molar refractivity (Wildman–Crippen MR) is 90.0 cm³/mol. The number of thiophene rings is 1. The summed E-state index contributed by atoms with van der Waals surface area (Å²) in [6.07, 6.45) is 0.0525. The fraction of sp³-hybridized carbons (Fsp3) is 0.400. The molecule has 1 amide bonds. The van der Waals surface area contributed by atoms with Crippen molar-refractivity contribution in [2.75, 3.05) is 19.5 Å². The molecule has 0 spiro atoms. The zero-order chi connectivity index (χ0) is 18.2. The maximum Gasteiger partial charge on any atom is 1.00 e. The zero-order valence-corrected chi connectivity index (χ0v) is 17.8. The van der Waals surface area contributed by atoms with Crippen LogP contribution in [0.25, 0.3) is 0 Å². The topological polar surface area (TPSA) is 122 Å². The summed E-state index contributed by atoms with van der Waals surface area (Å²) < 4.78 is 5.27. The molecule has 3 heterocycles. The molecule has 1 aromatic rings. The number of carbonyl (C=O) groups is 2. The number of methoxy groups -OCH3 is 1. The number of rotatable bonds is 6. The van der Waals surface area contributed by atoms with Crippen molar-refractivity contribution in [3.63, 3.8) is 0 Å². The van der Waals surface area contributed by atoms with Gasteiger partial charge in [-0.1, -0.05) is 6.07 Å². The van der Waals surface area contributed by atoms with E-state index >= 15 is 0 Å². The predicted octanol–water partition coefficient (Wildman–Crippen LogP) is -3.36. The van der Waals surface area contributed by atoms with Gasteiger partial charge in [-0.15, -0.1) is 23.1 Å². The molecule has 0 bridgehead atoms. The van der Waals surface area contributed by atoms with Crippen molar-refractivity contribution in [2.24, 2.45) is 4.99 Å². The average molecular weight is 406 g/mol. The minimum Gasteiger partial charge on any atom is -0.862 e. The Labute approximate surface area is 179 Å². The molecule has 11 heteroatoms. The van der Waals surface area contributed by atoms with Crippen LogP contribution in [-0.4, -0.2) is 63.5 Å². The van der Waals surface area contributed by atoms with Crippen LogP contribution in [0.2, 0.25) is 0 Å². The molecule has 1 aromatic heterocycles. The minimum atomic E-state index is -1.72. The van der Waals surface area contributed by atoms with Crippen LogP contribution in [0.5, 0.6) is 0 Å². The van der Waals surface area contributed by atoms with Gasteiger partial charge in [0.15, 0.2) is 0 Å². The van der Waals surface area contributed by atoms with Crippen LogP contribution < -0.4 is 34.7 Å². The van der Waals surface area contributed by atoms with Gasteiger partial charge < -0.3 is 20.1 Å². The van der Waals surface area contributed by atoms with Gasteiger partial charge in [0.1, 0.15) is 11.1 Å². The van der Waals surface area contributed by atoms with Crippen LogP contribution in [0, 0.1) is 0 Å². The number of fused-ring (bicyclic) bond motifs is 1. The van der Waals surface area contributed by atoms with Gasteiger partial charge >= 0.3 is 35.5 Å². The van der Waals surface area contributed by atoms with Crippen LogP contribution in [0.3, 0.4) is 0 Å². The number of amides is 1. The first kappa shape index (κ1) is 21.4. The van der Waals surface area contributed by atoms with Crippen LogP contribution in [0.15, 0.2) is 33.8 Å². The van der Waals surface area contributed by atoms with Gasteiger partial charge in [-0.25, -0.2) is 4.79 Å². The van der Waals surface area contributed by atoms with Crippen LogP contribution >= 0.6 is 23.1 Å². The van der Waals surface area contributed by atoms with Crippen molar-refractivity contribution >= 4 is 40.9 Å². The standard InChI is InChI=1S/C15H16N2O6S2.Na/c1-23-15(16-10(19)5-9-3-2-4-24-9)13(22)17-11(12(20)21)8(6-18)7-25-14(15)17;/h2-4,14,18H,5-7H2,1H3,(H,16,19)(H,20,21);/q;+1/p-1/t14-,15-;/m1./s1. The van der Waals surface area contributed by atoms with Gasteiger partial charge in [-0.3, -0.25) is 14.7 Å². The quantitative estimate of drug-likeness (QED) is 0.219. The van der Waals surface area contributed by atoms with Gasteiger partial charge in [0.25, 0.3) is 11.6 Å². The molecule has 2 aliphatic heterocycles. The molecule has 2 atom stereocenters. The van der Waals surface area contributed by atoms with Crippen molar-refractivity contribution in [1.29, 1.82) is 0 Å². The summed E-state index contributed by atoms with van der Waals surface area (Å²) in [6, 6.07) is 3.60. The number of hydrogen-bond donors (Lipinski definition) is 2. The maximum absolute atomic E-state index is 12.6. The number of hydrogen-bond acceptors (Lipinski definition) is 8. The van der Waals surface area contributed by atoms with E-state index in [1.54, 1.807) is 6.07 Å². The summed E-state index contributed by atoms with van der Waals surface area (Å²) >= 11 is 2.61. The first-order chi connectivity index (χ1) is 11.9. The van der Waals surface area contributed by atoms with E-state index in [2.05, 4.69) is 4.99 Å². The van der Waals surface area contributed by atoms with Gasteiger partial charge in [0.2, 0.25) is 0 Å². The molecule has 8 nitrogen and oxygen atoms in total. The van der Waals surface area contributed by atoms with Gasteiger partial charge in [-0.05, 0) is 22.9 Å². The van der Waals surface area contributed by atoms with Crippen molar-refractivity contribution in [2.45, 2.75) is 17.5 Å². The van der Waals surface area contributed by atoms with E-state index in [-0.39, 0.29) is 53.0 Å². The smallest absolute Gasteiger partial charge is 0.862 e. The van der Waals surface area contributed by atoms with Gasteiger partial charge in [-0.2, -0.15) is 0 Å². The zero-order valence-electron chi connectivity index (χ0n) is 14.2. The summed E-state index contributed by atoms with van der Waals surface area (Å²) in [5.41, 5.74) is -1.73. The number of aliphatic imine (C=N–C) groups is 1. The number of ether oxygens (including phenoxy) is 1. The molecular weight excluding hydrogens is 391 g/mol. The second-order valence-corrected chi connectivity index (χ2v) is 7.52. The number of β-lactam (4-membered cyclic amide) rings is 1.